The maximum atomic E-state index is 12.6. The summed E-state index contributed by atoms with van der Waals surface area (Å²) >= 11 is 23.4. The van der Waals surface area contributed by atoms with Crippen molar-refractivity contribution in [2.75, 3.05) is 19.8 Å². The molecule has 0 bridgehead atoms. The summed E-state index contributed by atoms with van der Waals surface area (Å²) in [6.07, 6.45) is -1.63. The van der Waals surface area contributed by atoms with Crippen molar-refractivity contribution in [3.8, 4) is 11.5 Å². The fraction of sp³-hybridized carbons (Fsp3) is 0.273. The van der Waals surface area contributed by atoms with Gasteiger partial charge in [-0.1, -0.05) is 65.1 Å². The molecule has 0 amide bonds. The third kappa shape index (κ3) is 9.55. The van der Waals surface area contributed by atoms with Crippen molar-refractivity contribution < 1.29 is 27.5 Å². The monoisotopic (exact) mass is 543 g/mol. The highest BCUT2D eigenvalue weighted by molar-refractivity contribution is 6.55. The van der Waals surface area contributed by atoms with E-state index in [4.69, 9.17) is 60.7 Å². The average Bonchev–Trinajstić information content (AvgIpc) is 2.73. The van der Waals surface area contributed by atoms with Gasteiger partial charge in [0.25, 0.3) is 0 Å². The molecule has 0 heterocycles. The topological polar surface area (TPSA) is 39.7 Å². The molecule has 0 atom stereocenters. The van der Waals surface area contributed by atoms with Crippen LogP contribution in [-0.4, -0.2) is 19.8 Å². The van der Waals surface area contributed by atoms with Crippen LogP contribution < -0.4 is 15.0 Å². The van der Waals surface area contributed by atoms with Crippen LogP contribution in [0.15, 0.2) is 53.5 Å². The highest BCUT2D eigenvalue weighted by atomic mass is 35.5. The lowest BCUT2D eigenvalue weighted by atomic mass is 10.1. The Balaban J connectivity index is 1.68. The van der Waals surface area contributed by atoms with Gasteiger partial charge in [-0.05, 0) is 36.6 Å². The molecule has 180 valence electrons. The van der Waals surface area contributed by atoms with Gasteiger partial charge in [0.05, 0.1) is 34.5 Å². The lowest BCUT2D eigenvalue weighted by molar-refractivity contribution is -0.137. The summed E-state index contributed by atoms with van der Waals surface area (Å²) < 4.78 is 49.0. The molecule has 0 radical (unpaired) electrons. The van der Waals surface area contributed by atoms with Crippen LogP contribution in [0.4, 0.5) is 13.2 Å². The van der Waals surface area contributed by atoms with Crippen LogP contribution >= 0.6 is 46.4 Å². The molecular formula is C22H20Cl4F3NO3. The van der Waals surface area contributed by atoms with Crippen molar-refractivity contribution in [2.45, 2.75) is 19.0 Å². The SMILES string of the molecule is C=C(NOCCCCOc1c(Cl)cc(OCC=C(Cl)Cl)cc1Cl)c1ccc(C(F)(F)F)cc1. The van der Waals surface area contributed by atoms with E-state index in [0.29, 0.717) is 58.9 Å². The van der Waals surface area contributed by atoms with Gasteiger partial charge in [-0.25, -0.2) is 0 Å². The van der Waals surface area contributed by atoms with Crippen molar-refractivity contribution in [1.29, 1.82) is 0 Å². The molecule has 0 saturated heterocycles. The zero-order chi connectivity index (χ0) is 24.4. The minimum atomic E-state index is -4.38. The van der Waals surface area contributed by atoms with Gasteiger partial charge in [0.2, 0.25) is 0 Å². The molecule has 1 N–H and O–H groups in total. The summed E-state index contributed by atoms with van der Waals surface area (Å²) in [6, 6.07) is 7.76. The molecule has 11 heteroatoms. The van der Waals surface area contributed by atoms with Crippen molar-refractivity contribution >= 4 is 52.1 Å². The molecule has 0 aliphatic carbocycles. The van der Waals surface area contributed by atoms with E-state index in [1.807, 2.05) is 0 Å². The predicted molar refractivity (Wildman–Crippen MR) is 126 cm³/mol. The molecule has 33 heavy (non-hydrogen) atoms. The Labute approximate surface area is 209 Å². The number of nitrogens with one attached hydrogen (secondary N) is 1. The van der Waals surface area contributed by atoms with Crippen molar-refractivity contribution in [1.82, 2.24) is 5.48 Å². The molecule has 0 aliphatic heterocycles. The Morgan fingerprint density at radius 3 is 2.15 bits per heavy atom. The summed E-state index contributed by atoms with van der Waals surface area (Å²) in [6.45, 7) is 4.58. The highest BCUT2D eigenvalue weighted by Gasteiger charge is 2.30. The summed E-state index contributed by atoms with van der Waals surface area (Å²) in [5.41, 5.74) is 2.74. The summed E-state index contributed by atoms with van der Waals surface area (Å²) in [4.78, 5) is 5.30. The van der Waals surface area contributed by atoms with Crippen LogP contribution in [0.5, 0.6) is 11.5 Å². The Kier molecular flexibility index (Phi) is 11.0. The average molecular weight is 545 g/mol. The summed E-state index contributed by atoms with van der Waals surface area (Å²) in [5.74, 6) is 0.780. The Morgan fingerprint density at radius 2 is 1.58 bits per heavy atom. The number of unbranched alkanes of at least 4 members (excludes halogenated alkanes) is 1. The maximum absolute atomic E-state index is 12.6. The standard InChI is InChI=1S/C22H20Cl4F3NO3/c1-14(15-4-6-16(7-5-15)22(27,28)29)30-33-10-3-2-9-32-21-18(23)12-17(13-19(21)24)31-11-8-20(25)26/h4-8,12-13,30H,1-3,9-11H2. The molecule has 0 saturated carbocycles. The molecule has 2 rings (SSSR count). The zero-order valence-corrected chi connectivity index (χ0v) is 20.2. The lowest BCUT2D eigenvalue weighted by Crippen LogP contribution is -2.14. The van der Waals surface area contributed by atoms with Gasteiger partial charge in [-0.2, -0.15) is 13.2 Å². The van der Waals surface area contributed by atoms with E-state index in [0.717, 1.165) is 12.1 Å². The Bertz CT molecular complexity index is 939. The van der Waals surface area contributed by atoms with Crippen LogP contribution in [0.25, 0.3) is 5.70 Å². The van der Waals surface area contributed by atoms with Gasteiger partial charge >= 0.3 is 6.18 Å². The molecule has 4 nitrogen and oxygen atoms in total. The Hall–Kier alpha value is -1.77. The van der Waals surface area contributed by atoms with Gasteiger partial charge in [0.1, 0.15) is 16.8 Å². The quantitative estimate of drug-likeness (QED) is 0.217. The molecular weight excluding hydrogens is 525 g/mol. The van der Waals surface area contributed by atoms with E-state index >= 15 is 0 Å². The first kappa shape index (κ1) is 27.5. The largest absolute Gasteiger partial charge is 0.490 e. The second-order valence-electron chi connectivity index (χ2n) is 6.58. The van der Waals surface area contributed by atoms with Crippen molar-refractivity contribution in [3.05, 3.63) is 74.7 Å². The number of hydroxylamine groups is 1. The summed E-state index contributed by atoms with van der Waals surface area (Å²) in [7, 11) is 0. The third-order valence-electron chi connectivity index (χ3n) is 4.10. The number of benzene rings is 2. The van der Waals surface area contributed by atoms with Crippen LogP contribution in [0, 0.1) is 0 Å². The third-order valence-corrected chi connectivity index (χ3v) is 4.97. The second kappa shape index (κ2) is 13.2. The highest BCUT2D eigenvalue weighted by Crippen LogP contribution is 2.37. The van der Waals surface area contributed by atoms with Crippen molar-refractivity contribution in [2.24, 2.45) is 0 Å². The van der Waals surface area contributed by atoms with Crippen LogP contribution in [0.1, 0.15) is 24.0 Å². The predicted octanol–water partition coefficient (Wildman–Crippen LogP) is 8.06. The number of ether oxygens (including phenoxy) is 2. The normalized spacial score (nSPS) is 11.1. The van der Waals surface area contributed by atoms with Crippen molar-refractivity contribution in [3.63, 3.8) is 0 Å². The number of rotatable bonds is 12. The summed E-state index contributed by atoms with van der Waals surface area (Å²) in [5, 5.41) is 0.591. The first-order valence-corrected chi connectivity index (χ1v) is 11.1. The minimum Gasteiger partial charge on any atom is -0.490 e. The van der Waals surface area contributed by atoms with Gasteiger partial charge in [0, 0.05) is 12.1 Å². The molecule has 0 aliphatic rings. The number of hydrogen-bond donors (Lipinski definition) is 1. The van der Waals surface area contributed by atoms with Gasteiger partial charge in [0.15, 0.2) is 5.75 Å². The second-order valence-corrected chi connectivity index (χ2v) is 8.40. The fourth-order valence-electron chi connectivity index (χ4n) is 2.47. The van der Waals surface area contributed by atoms with Gasteiger partial charge in [-0.3, -0.25) is 10.3 Å². The van der Waals surface area contributed by atoms with E-state index in [9.17, 15) is 13.2 Å². The molecule has 2 aromatic carbocycles. The van der Waals surface area contributed by atoms with E-state index < -0.39 is 11.7 Å². The van der Waals surface area contributed by atoms with Crippen LogP contribution in [0.3, 0.4) is 0 Å². The van der Waals surface area contributed by atoms with E-state index in [1.165, 1.54) is 18.2 Å². The van der Waals surface area contributed by atoms with Crippen LogP contribution in [0.2, 0.25) is 10.0 Å². The maximum Gasteiger partial charge on any atom is 0.416 e. The van der Waals surface area contributed by atoms with Gasteiger partial charge in [-0.15, -0.1) is 0 Å². The van der Waals surface area contributed by atoms with Gasteiger partial charge < -0.3 is 9.47 Å². The Morgan fingerprint density at radius 1 is 0.970 bits per heavy atom. The number of hydrogen-bond acceptors (Lipinski definition) is 4. The first-order chi connectivity index (χ1) is 15.6. The fourth-order valence-corrected chi connectivity index (χ4v) is 3.17. The molecule has 0 spiro atoms. The number of halogens is 7. The lowest BCUT2D eigenvalue weighted by Gasteiger charge is -2.13. The van der Waals surface area contributed by atoms with Crippen LogP contribution in [-0.2, 0) is 11.0 Å². The molecule has 0 fully saturated rings. The van der Waals surface area contributed by atoms with E-state index in [-0.39, 0.29) is 11.1 Å². The van der Waals surface area contributed by atoms with E-state index in [1.54, 1.807) is 12.1 Å². The molecule has 2 aromatic rings. The smallest absolute Gasteiger partial charge is 0.416 e. The molecule has 0 unspecified atom stereocenters. The minimum absolute atomic E-state index is 0.0928. The first-order valence-electron chi connectivity index (χ1n) is 9.58. The zero-order valence-electron chi connectivity index (χ0n) is 17.2. The number of alkyl halides is 3. The molecule has 0 aromatic heterocycles. The van der Waals surface area contributed by atoms with E-state index in [2.05, 4.69) is 12.1 Å².